The minimum atomic E-state index is 0.457. The summed E-state index contributed by atoms with van der Waals surface area (Å²) in [5.41, 5.74) is 8.40. The van der Waals surface area contributed by atoms with E-state index in [1.165, 1.54) is 29.0 Å². The summed E-state index contributed by atoms with van der Waals surface area (Å²) in [6, 6.07) is 10.6. The average Bonchev–Trinajstić information content (AvgIpc) is 2.70. The van der Waals surface area contributed by atoms with E-state index in [2.05, 4.69) is 35.3 Å². The number of nitrogen functional groups attached to an aromatic ring is 1. The second-order valence-electron chi connectivity index (χ2n) is 4.22. The molecule has 0 aliphatic heterocycles. The van der Waals surface area contributed by atoms with Crippen LogP contribution in [0, 0.1) is 0 Å². The number of anilines is 1. The molecule has 0 spiro atoms. The quantitative estimate of drug-likeness (QED) is 0.817. The summed E-state index contributed by atoms with van der Waals surface area (Å²) in [7, 11) is 0. The Morgan fingerprint density at radius 3 is 2.88 bits per heavy atom. The van der Waals surface area contributed by atoms with Crippen LogP contribution in [0.5, 0.6) is 0 Å². The molecule has 2 aromatic rings. The Morgan fingerprint density at radius 2 is 2.06 bits per heavy atom. The van der Waals surface area contributed by atoms with E-state index < -0.39 is 0 Å². The average molecular weight is 230 g/mol. The summed E-state index contributed by atoms with van der Waals surface area (Å²) in [5, 5.41) is 0.716. The molecular weight excluding hydrogens is 216 g/mol. The van der Waals surface area contributed by atoms with Crippen molar-refractivity contribution in [3.63, 3.8) is 0 Å². The molecule has 0 saturated heterocycles. The van der Waals surface area contributed by atoms with Crippen LogP contribution in [0.3, 0.4) is 0 Å². The molecule has 1 aliphatic rings. The zero-order chi connectivity index (χ0) is 11.0. The van der Waals surface area contributed by atoms with Gasteiger partial charge in [-0.3, -0.25) is 0 Å². The van der Waals surface area contributed by atoms with Gasteiger partial charge in [0, 0.05) is 10.8 Å². The van der Waals surface area contributed by atoms with Crippen LogP contribution in [0.2, 0.25) is 0 Å². The highest BCUT2D eigenvalue weighted by Gasteiger charge is 2.25. The van der Waals surface area contributed by atoms with Gasteiger partial charge >= 0.3 is 0 Å². The van der Waals surface area contributed by atoms with Crippen molar-refractivity contribution in [2.24, 2.45) is 0 Å². The minimum Gasteiger partial charge on any atom is -0.375 e. The molecule has 3 rings (SSSR count). The lowest BCUT2D eigenvalue weighted by Crippen LogP contribution is -2.09. The van der Waals surface area contributed by atoms with Crippen LogP contribution in [-0.2, 0) is 6.42 Å². The molecule has 1 aromatic heterocycles. The number of hydrogen-bond donors (Lipinski definition) is 1. The molecule has 16 heavy (non-hydrogen) atoms. The Hall–Kier alpha value is -1.35. The van der Waals surface area contributed by atoms with E-state index in [1.807, 2.05) is 0 Å². The number of nitrogens with zero attached hydrogens (tertiary/aromatic N) is 1. The second kappa shape index (κ2) is 3.91. The normalized spacial score (nSPS) is 19.4. The predicted octanol–water partition coefficient (Wildman–Crippen LogP) is 3.19. The summed E-state index contributed by atoms with van der Waals surface area (Å²) < 4.78 is 0. The Morgan fingerprint density at radius 1 is 1.25 bits per heavy atom. The molecule has 0 saturated carbocycles. The Balaban J connectivity index is 2.05. The van der Waals surface area contributed by atoms with Crippen molar-refractivity contribution in [1.29, 1.82) is 0 Å². The van der Waals surface area contributed by atoms with E-state index in [-0.39, 0.29) is 0 Å². The summed E-state index contributed by atoms with van der Waals surface area (Å²) in [4.78, 5) is 5.89. The van der Waals surface area contributed by atoms with Gasteiger partial charge in [0.15, 0.2) is 5.13 Å². The third kappa shape index (κ3) is 1.61. The van der Waals surface area contributed by atoms with Crippen molar-refractivity contribution < 1.29 is 0 Å². The van der Waals surface area contributed by atoms with Crippen LogP contribution in [0.4, 0.5) is 5.13 Å². The maximum absolute atomic E-state index is 5.81. The first-order valence-electron chi connectivity index (χ1n) is 5.64. The minimum absolute atomic E-state index is 0.457. The lowest BCUT2D eigenvalue weighted by atomic mass is 9.85. The standard InChI is InChI=1S/C13H14N2S/c14-13-15-12-10(7-4-8-11(12)16-13)9-5-2-1-3-6-9/h1-3,5-6,10H,4,7-8H2,(H2,14,15)/t10-/m1/s1. The SMILES string of the molecule is Nc1nc2c(s1)CCC[C@@H]2c1ccccc1. The molecule has 2 N–H and O–H groups in total. The number of rotatable bonds is 1. The van der Waals surface area contributed by atoms with E-state index >= 15 is 0 Å². The Kier molecular flexibility index (Phi) is 2.40. The summed E-state index contributed by atoms with van der Waals surface area (Å²) >= 11 is 1.66. The van der Waals surface area contributed by atoms with Crippen LogP contribution in [0.25, 0.3) is 0 Å². The molecule has 1 aliphatic carbocycles. The zero-order valence-corrected chi connectivity index (χ0v) is 9.83. The van der Waals surface area contributed by atoms with Crippen molar-refractivity contribution >= 4 is 16.5 Å². The van der Waals surface area contributed by atoms with Crippen molar-refractivity contribution in [3.8, 4) is 0 Å². The highest BCUT2D eigenvalue weighted by atomic mass is 32.1. The lowest BCUT2D eigenvalue weighted by Gasteiger charge is -2.21. The van der Waals surface area contributed by atoms with Gasteiger partial charge in [-0.2, -0.15) is 0 Å². The van der Waals surface area contributed by atoms with Crippen molar-refractivity contribution in [1.82, 2.24) is 4.98 Å². The summed E-state index contributed by atoms with van der Waals surface area (Å²) in [6.45, 7) is 0. The fourth-order valence-corrected chi connectivity index (χ4v) is 3.38. The van der Waals surface area contributed by atoms with Gasteiger partial charge in [0.1, 0.15) is 0 Å². The first-order valence-corrected chi connectivity index (χ1v) is 6.46. The van der Waals surface area contributed by atoms with Crippen LogP contribution in [-0.4, -0.2) is 4.98 Å². The van der Waals surface area contributed by atoms with Gasteiger partial charge in [0.05, 0.1) is 5.69 Å². The van der Waals surface area contributed by atoms with Gasteiger partial charge in [0.2, 0.25) is 0 Å². The first-order chi connectivity index (χ1) is 7.84. The maximum atomic E-state index is 5.81. The van der Waals surface area contributed by atoms with Gasteiger partial charge in [-0.05, 0) is 24.8 Å². The fourth-order valence-electron chi connectivity index (χ4n) is 2.45. The molecule has 1 heterocycles. The van der Waals surface area contributed by atoms with E-state index in [0.29, 0.717) is 11.0 Å². The van der Waals surface area contributed by atoms with Crippen molar-refractivity contribution in [3.05, 3.63) is 46.5 Å². The number of aromatic nitrogens is 1. The monoisotopic (exact) mass is 230 g/mol. The predicted molar refractivity (Wildman–Crippen MR) is 67.7 cm³/mol. The maximum Gasteiger partial charge on any atom is 0.180 e. The third-order valence-electron chi connectivity index (χ3n) is 3.17. The second-order valence-corrected chi connectivity index (χ2v) is 5.33. The highest BCUT2D eigenvalue weighted by Crippen LogP contribution is 2.39. The third-order valence-corrected chi connectivity index (χ3v) is 4.13. The Labute approximate surface area is 99.1 Å². The number of hydrogen-bond acceptors (Lipinski definition) is 3. The number of fused-ring (bicyclic) bond motifs is 1. The molecule has 0 amide bonds. The van der Waals surface area contributed by atoms with Gasteiger partial charge in [-0.15, -0.1) is 11.3 Å². The number of nitrogens with two attached hydrogens (primary N) is 1. The first kappa shape index (κ1) is 9.85. The summed E-state index contributed by atoms with van der Waals surface area (Å²) in [5.74, 6) is 0.457. The Bertz CT molecular complexity index is 490. The van der Waals surface area contributed by atoms with Gasteiger partial charge in [-0.25, -0.2) is 4.98 Å². The summed E-state index contributed by atoms with van der Waals surface area (Å²) in [6.07, 6.45) is 3.59. The molecule has 0 bridgehead atoms. The van der Waals surface area contributed by atoms with Crippen molar-refractivity contribution in [2.75, 3.05) is 5.73 Å². The topological polar surface area (TPSA) is 38.9 Å². The largest absolute Gasteiger partial charge is 0.375 e. The van der Waals surface area contributed by atoms with E-state index in [0.717, 1.165) is 6.42 Å². The molecule has 2 nitrogen and oxygen atoms in total. The number of aryl methyl sites for hydroxylation is 1. The van der Waals surface area contributed by atoms with Gasteiger partial charge in [0.25, 0.3) is 0 Å². The molecule has 3 heteroatoms. The van der Waals surface area contributed by atoms with E-state index in [4.69, 9.17) is 5.73 Å². The highest BCUT2D eigenvalue weighted by molar-refractivity contribution is 7.15. The van der Waals surface area contributed by atoms with Gasteiger partial charge < -0.3 is 5.73 Å². The van der Waals surface area contributed by atoms with Crippen LogP contribution in [0.15, 0.2) is 30.3 Å². The molecule has 0 fully saturated rings. The molecule has 1 atom stereocenters. The fraction of sp³-hybridized carbons (Fsp3) is 0.308. The van der Waals surface area contributed by atoms with Crippen molar-refractivity contribution in [2.45, 2.75) is 25.2 Å². The van der Waals surface area contributed by atoms with Crippen LogP contribution in [0.1, 0.15) is 34.9 Å². The molecule has 0 unspecified atom stereocenters. The van der Waals surface area contributed by atoms with E-state index in [9.17, 15) is 0 Å². The zero-order valence-electron chi connectivity index (χ0n) is 9.02. The van der Waals surface area contributed by atoms with Gasteiger partial charge in [-0.1, -0.05) is 30.3 Å². The number of benzene rings is 1. The lowest BCUT2D eigenvalue weighted by molar-refractivity contribution is 0.610. The number of thiazole rings is 1. The van der Waals surface area contributed by atoms with E-state index in [1.54, 1.807) is 11.3 Å². The smallest absolute Gasteiger partial charge is 0.180 e. The molecule has 1 aromatic carbocycles. The molecule has 82 valence electrons. The molecule has 0 radical (unpaired) electrons. The molecular formula is C13H14N2S. The van der Waals surface area contributed by atoms with Crippen LogP contribution >= 0.6 is 11.3 Å². The van der Waals surface area contributed by atoms with Crippen LogP contribution < -0.4 is 5.73 Å².